The smallest absolute Gasteiger partial charge is 0.0484 e. The van der Waals surface area contributed by atoms with Crippen LogP contribution in [0.1, 0.15) is 19.3 Å². The number of hydrogen-bond acceptors (Lipinski definition) is 3. The van der Waals surface area contributed by atoms with E-state index in [1.807, 2.05) is 0 Å². The van der Waals surface area contributed by atoms with Crippen LogP contribution in [0, 0.1) is 0 Å². The molecular weight excluding hydrogens is 140 g/mol. The first-order valence-electron chi connectivity index (χ1n) is 4.39. The molecule has 1 spiro atoms. The maximum atomic E-state index is 5.35. The van der Waals surface area contributed by atoms with E-state index in [1.54, 1.807) is 0 Å². The molecule has 0 saturated carbocycles. The van der Waals surface area contributed by atoms with Gasteiger partial charge < -0.3 is 4.74 Å². The lowest BCUT2D eigenvalue weighted by Crippen LogP contribution is -2.48. The van der Waals surface area contributed by atoms with Crippen molar-refractivity contribution >= 4 is 0 Å². The Kier molecular flexibility index (Phi) is 1.87. The summed E-state index contributed by atoms with van der Waals surface area (Å²) in [6, 6.07) is 0. The fraction of sp³-hybridized carbons (Fsp3) is 1.00. The molecule has 0 amide bonds. The van der Waals surface area contributed by atoms with Crippen molar-refractivity contribution in [1.29, 1.82) is 0 Å². The third-order valence-electron chi connectivity index (χ3n) is 3.07. The summed E-state index contributed by atoms with van der Waals surface area (Å²) in [6.45, 7) is 3.01. The first-order valence-corrected chi connectivity index (χ1v) is 4.39. The molecule has 2 saturated heterocycles. The number of hydrazine groups is 1. The van der Waals surface area contributed by atoms with Crippen LogP contribution < -0.4 is 5.43 Å². The molecule has 1 N–H and O–H groups in total. The summed E-state index contributed by atoms with van der Waals surface area (Å²) >= 11 is 0. The summed E-state index contributed by atoms with van der Waals surface area (Å²) < 4.78 is 5.35. The maximum absolute atomic E-state index is 5.35. The molecule has 2 fully saturated rings. The van der Waals surface area contributed by atoms with Crippen LogP contribution in [-0.4, -0.2) is 37.4 Å². The standard InChI is InChI=1S/C8H16N2O/c1-10-8(2-5-9-10)3-6-11-7-4-8/h9H,2-7H2,1H3. The summed E-state index contributed by atoms with van der Waals surface area (Å²) in [4.78, 5) is 0. The van der Waals surface area contributed by atoms with Gasteiger partial charge in [-0.05, 0) is 19.3 Å². The third-order valence-corrected chi connectivity index (χ3v) is 3.07. The predicted molar refractivity (Wildman–Crippen MR) is 43.2 cm³/mol. The molecule has 0 unspecified atom stereocenters. The second kappa shape index (κ2) is 2.73. The SMILES string of the molecule is CN1NCCC12CCOCC2. The Labute approximate surface area is 67.7 Å². The highest BCUT2D eigenvalue weighted by atomic mass is 16.5. The zero-order valence-corrected chi connectivity index (χ0v) is 7.10. The minimum Gasteiger partial charge on any atom is -0.381 e. The quantitative estimate of drug-likeness (QED) is 0.548. The van der Waals surface area contributed by atoms with Gasteiger partial charge in [-0.25, -0.2) is 5.01 Å². The van der Waals surface area contributed by atoms with E-state index in [4.69, 9.17) is 4.74 Å². The number of hydrogen-bond donors (Lipinski definition) is 1. The number of nitrogens with one attached hydrogen (secondary N) is 1. The number of rotatable bonds is 0. The fourth-order valence-electron chi connectivity index (χ4n) is 2.13. The van der Waals surface area contributed by atoms with Gasteiger partial charge in [0.05, 0.1) is 0 Å². The fourth-order valence-corrected chi connectivity index (χ4v) is 2.13. The second-order valence-electron chi connectivity index (χ2n) is 3.55. The van der Waals surface area contributed by atoms with Crippen molar-refractivity contribution in [2.45, 2.75) is 24.8 Å². The summed E-state index contributed by atoms with van der Waals surface area (Å²) in [5.41, 5.74) is 3.79. The van der Waals surface area contributed by atoms with Gasteiger partial charge in [-0.2, -0.15) is 0 Å². The summed E-state index contributed by atoms with van der Waals surface area (Å²) in [5, 5.41) is 2.29. The van der Waals surface area contributed by atoms with E-state index >= 15 is 0 Å². The molecule has 0 aromatic carbocycles. The molecule has 0 aromatic rings. The number of nitrogens with zero attached hydrogens (tertiary/aromatic N) is 1. The van der Waals surface area contributed by atoms with E-state index in [-0.39, 0.29) is 0 Å². The number of ether oxygens (including phenoxy) is 1. The summed E-state index contributed by atoms with van der Waals surface area (Å²) in [5.74, 6) is 0. The van der Waals surface area contributed by atoms with Gasteiger partial charge in [-0.1, -0.05) is 0 Å². The Balaban J connectivity index is 2.06. The minimum absolute atomic E-state index is 0.429. The van der Waals surface area contributed by atoms with Gasteiger partial charge in [-0.15, -0.1) is 0 Å². The lowest BCUT2D eigenvalue weighted by atomic mass is 9.88. The average molecular weight is 156 g/mol. The molecule has 0 atom stereocenters. The summed E-state index contributed by atoms with van der Waals surface area (Å²) in [7, 11) is 2.15. The van der Waals surface area contributed by atoms with E-state index in [9.17, 15) is 0 Å². The van der Waals surface area contributed by atoms with Crippen molar-refractivity contribution in [3.63, 3.8) is 0 Å². The molecule has 3 heteroatoms. The van der Waals surface area contributed by atoms with Gasteiger partial charge >= 0.3 is 0 Å². The predicted octanol–water partition coefficient (Wildman–Crippen LogP) is 0.376. The molecule has 2 aliphatic heterocycles. The van der Waals surface area contributed by atoms with Crippen LogP contribution in [0.3, 0.4) is 0 Å². The van der Waals surface area contributed by atoms with Gasteiger partial charge in [0.15, 0.2) is 0 Å². The lowest BCUT2D eigenvalue weighted by Gasteiger charge is -2.38. The van der Waals surface area contributed by atoms with Gasteiger partial charge in [-0.3, -0.25) is 5.43 Å². The highest BCUT2D eigenvalue weighted by molar-refractivity contribution is 4.93. The first kappa shape index (κ1) is 7.53. The minimum atomic E-state index is 0.429. The highest BCUT2D eigenvalue weighted by Crippen LogP contribution is 2.31. The van der Waals surface area contributed by atoms with Crippen molar-refractivity contribution < 1.29 is 4.74 Å². The normalized spacial score (nSPS) is 31.4. The Bertz CT molecular complexity index is 143. The largest absolute Gasteiger partial charge is 0.381 e. The van der Waals surface area contributed by atoms with Crippen LogP contribution in [-0.2, 0) is 4.74 Å². The molecule has 0 aromatic heterocycles. The Hall–Kier alpha value is -0.120. The van der Waals surface area contributed by atoms with E-state index in [2.05, 4.69) is 17.5 Å². The van der Waals surface area contributed by atoms with Crippen LogP contribution >= 0.6 is 0 Å². The molecule has 2 aliphatic rings. The van der Waals surface area contributed by atoms with Crippen molar-refractivity contribution in [3.8, 4) is 0 Å². The Morgan fingerprint density at radius 2 is 2.00 bits per heavy atom. The van der Waals surface area contributed by atoms with Gasteiger partial charge in [0.2, 0.25) is 0 Å². The van der Waals surface area contributed by atoms with E-state index in [1.165, 1.54) is 19.3 Å². The van der Waals surface area contributed by atoms with Crippen molar-refractivity contribution in [2.75, 3.05) is 26.8 Å². The summed E-state index contributed by atoms with van der Waals surface area (Å²) in [6.07, 6.45) is 3.67. The molecule has 0 bridgehead atoms. The zero-order valence-electron chi connectivity index (χ0n) is 7.10. The van der Waals surface area contributed by atoms with Crippen LogP contribution in [0.5, 0.6) is 0 Å². The van der Waals surface area contributed by atoms with Crippen LogP contribution in [0.2, 0.25) is 0 Å². The molecule has 2 heterocycles. The van der Waals surface area contributed by atoms with Crippen LogP contribution in [0.25, 0.3) is 0 Å². The van der Waals surface area contributed by atoms with Crippen LogP contribution in [0.15, 0.2) is 0 Å². The van der Waals surface area contributed by atoms with Gasteiger partial charge in [0, 0.05) is 32.3 Å². The monoisotopic (exact) mass is 156 g/mol. The van der Waals surface area contributed by atoms with Gasteiger partial charge in [0.25, 0.3) is 0 Å². The average Bonchev–Trinajstić information content (AvgIpc) is 2.36. The van der Waals surface area contributed by atoms with E-state index < -0.39 is 0 Å². The second-order valence-corrected chi connectivity index (χ2v) is 3.55. The zero-order chi connectivity index (χ0) is 7.73. The van der Waals surface area contributed by atoms with Crippen molar-refractivity contribution in [1.82, 2.24) is 10.4 Å². The Morgan fingerprint density at radius 3 is 2.55 bits per heavy atom. The maximum Gasteiger partial charge on any atom is 0.0484 e. The van der Waals surface area contributed by atoms with Gasteiger partial charge in [0.1, 0.15) is 0 Å². The first-order chi connectivity index (χ1) is 5.33. The lowest BCUT2D eigenvalue weighted by molar-refractivity contribution is -0.0110. The highest BCUT2D eigenvalue weighted by Gasteiger charge is 2.39. The molecule has 3 nitrogen and oxygen atoms in total. The van der Waals surface area contributed by atoms with E-state index in [0.29, 0.717) is 5.54 Å². The molecule has 2 rings (SSSR count). The molecule has 0 aliphatic carbocycles. The Morgan fingerprint density at radius 1 is 1.27 bits per heavy atom. The third kappa shape index (κ3) is 1.17. The molecule has 64 valence electrons. The van der Waals surface area contributed by atoms with Crippen molar-refractivity contribution in [2.24, 2.45) is 0 Å². The molecule has 0 radical (unpaired) electrons. The topological polar surface area (TPSA) is 24.5 Å². The van der Waals surface area contributed by atoms with Crippen molar-refractivity contribution in [3.05, 3.63) is 0 Å². The molecule has 11 heavy (non-hydrogen) atoms. The molecular formula is C8H16N2O. The van der Waals surface area contributed by atoms with E-state index in [0.717, 1.165) is 19.8 Å². The van der Waals surface area contributed by atoms with Crippen LogP contribution in [0.4, 0.5) is 0 Å².